The quantitative estimate of drug-likeness (QED) is 0.469. The van der Waals surface area contributed by atoms with Crippen LogP contribution in [0, 0.1) is 0 Å². The van der Waals surface area contributed by atoms with E-state index in [2.05, 4.69) is 16.3 Å². The summed E-state index contributed by atoms with van der Waals surface area (Å²) < 4.78 is 40.1. The average molecular weight is 271 g/mol. The Morgan fingerprint density at radius 3 is 2.68 bits per heavy atom. The molecule has 1 rings (SSSR count). The van der Waals surface area contributed by atoms with E-state index in [-0.39, 0.29) is 12.0 Å². The van der Waals surface area contributed by atoms with Gasteiger partial charge in [0.1, 0.15) is 0 Å². The molecule has 3 nitrogen and oxygen atoms in total. The highest BCUT2D eigenvalue weighted by Crippen LogP contribution is 2.17. The Hall–Kier alpha value is -2.11. The van der Waals surface area contributed by atoms with Gasteiger partial charge in [0.25, 0.3) is 0 Å². The number of aromatic nitrogens is 1. The molecule has 0 N–H and O–H groups in total. The van der Waals surface area contributed by atoms with Gasteiger partial charge in [-0.05, 0) is 24.6 Å². The van der Waals surface area contributed by atoms with Crippen LogP contribution in [0.15, 0.2) is 42.6 Å². The second-order valence-corrected chi connectivity index (χ2v) is 3.61. The number of carbonyl (C=O) groups is 1. The van der Waals surface area contributed by atoms with Crippen molar-refractivity contribution < 1.29 is 22.7 Å². The Kier molecular flexibility index (Phi) is 5.29. The smallest absolute Gasteiger partial charge is 0.422 e. The lowest BCUT2D eigenvalue weighted by atomic mass is 10.1. The van der Waals surface area contributed by atoms with Crippen LogP contribution < -0.4 is 0 Å². The maximum atomic E-state index is 12.0. The van der Waals surface area contributed by atoms with Crippen LogP contribution >= 0.6 is 0 Å². The van der Waals surface area contributed by atoms with Gasteiger partial charge in [-0.1, -0.05) is 12.1 Å². The first kappa shape index (κ1) is 14.9. The minimum absolute atomic E-state index is 0.0675. The zero-order valence-corrected chi connectivity index (χ0v) is 9.98. The summed E-state index contributed by atoms with van der Waals surface area (Å²) in [6, 6.07) is 5.01. The minimum Gasteiger partial charge on any atom is -0.453 e. The molecule has 0 atom stereocenters. The Morgan fingerprint density at radius 1 is 1.42 bits per heavy atom. The fraction of sp³-hybridized carbons (Fsp3) is 0.231. The van der Waals surface area contributed by atoms with Crippen LogP contribution in [0.2, 0.25) is 0 Å². The van der Waals surface area contributed by atoms with E-state index in [4.69, 9.17) is 0 Å². The molecule has 19 heavy (non-hydrogen) atoms. The Labute approximate surface area is 108 Å². The van der Waals surface area contributed by atoms with Crippen molar-refractivity contribution in [3.05, 3.63) is 48.3 Å². The van der Waals surface area contributed by atoms with Crippen molar-refractivity contribution in [1.82, 2.24) is 4.98 Å². The second-order valence-electron chi connectivity index (χ2n) is 3.61. The molecule has 0 saturated carbocycles. The summed E-state index contributed by atoms with van der Waals surface area (Å²) in [6.45, 7) is 1.83. The van der Waals surface area contributed by atoms with Gasteiger partial charge in [-0.3, -0.25) is 4.98 Å². The normalized spacial score (nSPS) is 12.1. The van der Waals surface area contributed by atoms with Crippen LogP contribution in [0.25, 0.3) is 6.08 Å². The number of esters is 1. The van der Waals surface area contributed by atoms with Crippen LogP contribution in [-0.4, -0.2) is 23.7 Å². The van der Waals surface area contributed by atoms with Crippen molar-refractivity contribution in [2.75, 3.05) is 6.61 Å². The molecule has 1 aromatic heterocycles. The van der Waals surface area contributed by atoms with Crippen LogP contribution in [0.3, 0.4) is 0 Å². The van der Waals surface area contributed by atoms with Gasteiger partial charge < -0.3 is 4.74 Å². The summed E-state index contributed by atoms with van der Waals surface area (Å²) in [4.78, 5) is 15.5. The van der Waals surface area contributed by atoms with Gasteiger partial charge in [-0.25, -0.2) is 4.79 Å². The van der Waals surface area contributed by atoms with Gasteiger partial charge in [0.15, 0.2) is 6.61 Å². The number of rotatable bonds is 5. The summed E-state index contributed by atoms with van der Waals surface area (Å²) in [7, 11) is 0. The number of alkyl halides is 3. The van der Waals surface area contributed by atoms with Gasteiger partial charge >= 0.3 is 12.1 Å². The number of allylic oxidation sites excluding steroid dienone is 1. The van der Waals surface area contributed by atoms with Gasteiger partial charge in [-0.2, -0.15) is 13.2 Å². The SMILES string of the molecule is C=CC/C(=C\c1ccccn1)C(=O)OCC(F)(F)F. The molecule has 0 amide bonds. The molecule has 6 heteroatoms. The lowest BCUT2D eigenvalue weighted by molar-refractivity contribution is -0.183. The lowest BCUT2D eigenvalue weighted by Gasteiger charge is -2.09. The topological polar surface area (TPSA) is 39.2 Å². The third-order valence-electron chi connectivity index (χ3n) is 2.00. The summed E-state index contributed by atoms with van der Waals surface area (Å²) in [6.07, 6.45) is -0.143. The zero-order valence-electron chi connectivity index (χ0n) is 9.98. The average Bonchev–Trinajstić information content (AvgIpc) is 2.36. The van der Waals surface area contributed by atoms with Gasteiger partial charge in [0, 0.05) is 11.8 Å². The summed E-state index contributed by atoms with van der Waals surface area (Å²) in [5.41, 5.74) is 0.529. The molecule has 1 heterocycles. The minimum atomic E-state index is -4.54. The second kappa shape index (κ2) is 6.72. The maximum Gasteiger partial charge on any atom is 0.422 e. The van der Waals surface area contributed by atoms with Crippen molar-refractivity contribution in [2.45, 2.75) is 12.6 Å². The van der Waals surface area contributed by atoms with E-state index < -0.39 is 18.8 Å². The monoisotopic (exact) mass is 271 g/mol. The molecule has 0 aliphatic carbocycles. The van der Waals surface area contributed by atoms with Crippen LogP contribution in [0.4, 0.5) is 13.2 Å². The van der Waals surface area contributed by atoms with Crippen LogP contribution in [0.5, 0.6) is 0 Å². The number of hydrogen-bond donors (Lipinski definition) is 0. The third kappa shape index (κ3) is 5.85. The van der Waals surface area contributed by atoms with E-state index in [1.807, 2.05) is 0 Å². The first-order valence-electron chi connectivity index (χ1n) is 5.39. The van der Waals surface area contributed by atoms with Crippen LogP contribution in [-0.2, 0) is 9.53 Å². The van der Waals surface area contributed by atoms with E-state index in [0.717, 1.165) is 0 Å². The molecule has 0 radical (unpaired) electrons. The predicted octanol–water partition coefficient (Wildman–Crippen LogP) is 3.15. The molecule has 0 saturated heterocycles. The first-order valence-corrected chi connectivity index (χ1v) is 5.39. The Morgan fingerprint density at radius 2 is 2.16 bits per heavy atom. The molecule has 0 bridgehead atoms. The molecule has 0 unspecified atom stereocenters. The van der Waals surface area contributed by atoms with Crippen LogP contribution in [0.1, 0.15) is 12.1 Å². The Bertz CT molecular complexity index is 467. The number of hydrogen-bond acceptors (Lipinski definition) is 3. The van der Waals surface area contributed by atoms with Crippen molar-refractivity contribution in [3.8, 4) is 0 Å². The number of nitrogens with zero attached hydrogens (tertiary/aromatic N) is 1. The summed E-state index contributed by atoms with van der Waals surface area (Å²) in [5, 5.41) is 0. The number of carbonyl (C=O) groups excluding carboxylic acids is 1. The van der Waals surface area contributed by atoms with E-state index in [9.17, 15) is 18.0 Å². The van der Waals surface area contributed by atoms with E-state index in [1.54, 1.807) is 18.2 Å². The highest BCUT2D eigenvalue weighted by atomic mass is 19.4. The molecular weight excluding hydrogens is 259 g/mol. The fourth-order valence-electron chi connectivity index (χ4n) is 1.24. The third-order valence-corrected chi connectivity index (χ3v) is 2.00. The summed E-state index contributed by atoms with van der Waals surface area (Å²) in [5.74, 6) is -1.03. The molecule has 0 fully saturated rings. The fourth-order valence-corrected chi connectivity index (χ4v) is 1.24. The van der Waals surface area contributed by atoms with Crippen molar-refractivity contribution >= 4 is 12.0 Å². The van der Waals surface area contributed by atoms with Gasteiger partial charge in [0.2, 0.25) is 0 Å². The highest BCUT2D eigenvalue weighted by Gasteiger charge is 2.30. The number of halogens is 3. The van der Waals surface area contributed by atoms with Crippen molar-refractivity contribution in [3.63, 3.8) is 0 Å². The van der Waals surface area contributed by atoms with Crippen molar-refractivity contribution in [2.24, 2.45) is 0 Å². The number of ether oxygens (including phenoxy) is 1. The maximum absolute atomic E-state index is 12.0. The highest BCUT2D eigenvalue weighted by molar-refractivity contribution is 5.93. The molecule has 0 aromatic carbocycles. The van der Waals surface area contributed by atoms with Gasteiger partial charge in [-0.15, -0.1) is 6.58 Å². The molecule has 1 aromatic rings. The van der Waals surface area contributed by atoms with E-state index in [0.29, 0.717) is 5.69 Å². The molecule has 0 spiro atoms. The molecule has 0 aliphatic rings. The zero-order chi connectivity index (χ0) is 14.3. The standard InChI is InChI=1S/C13H12F3NO2/c1-2-5-10(8-11-6-3-4-7-17-11)12(18)19-9-13(14,15)16/h2-4,6-8H,1,5,9H2/b10-8+. The predicted molar refractivity (Wildman–Crippen MR) is 64.0 cm³/mol. The first-order chi connectivity index (χ1) is 8.92. The van der Waals surface area contributed by atoms with E-state index >= 15 is 0 Å². The molecule has 0 aliphatic heterocycles. The lowest BCUT2D eigenvalue weighted by Crippen LogP contribution is -2.21. The Balaban J connectivity index is 2.80. The molecule has 102 valence electrons. The van der Waals surface area contributed by atoms with E-state index in [1.165, 1.54) is 18.3 Å². The van der Waals surface area contributed by atoms with Crippen molar-refractivity contribution in [1.29, 1.82) is 0 Å². The van der Waals surface area contributed by atoms with Gasteiger partial charge in [0.05, 0.1) is 5.69 Å². The molecular formula is C13H12F3NO2. The number of pyridine rings is 1. The largest absolute Gasteiger partial charge is 0.453 e. The summed E-state index contributed by atoms with van der Waals surface area (Å²) >= 11 is 0.